The first kappa shape index (κ1) is 23.2. The first-order chi connectivity index (χ1) is 16.4. The summed E-state index contributed by atoms with van der Waals surface area (Å²) in [4.78, 5) is 20.8. The molecule has 2 N–H and O–H groups in total. The van der Waals surface area contributed by atoms with E-state index in [1.807, 2.05) is 49.4 Å². The molecule has 1 aromatic heterocycles. The van der Waals surface area contributed by atoms with Crippen molar-refractivity contribution in [2.75, 3.05) is 10.0 Å². The van der Waals surface area contributed by atoms with E-state index in [1.54, 1.807) is 13.0 Å². The van der Waals surface area contributed by atoms with Gasteiger partial charge in [0.1, 0.15) is 5.75 Å². The largest absolute Gasteiger partial charge is 0.480 e. The average Bonchev–Trinajstić information content (AvgIpc) is 2.82. The predicted molar refractivity (Wildman–Crippen MR) is 131 cm³/mol. The number of nitrogens with one attached hydrogen (secondary N) is 2. The number of ether oxygens (including phenoxy) is 1. The number of fused-ring (bicyclic) bond motifs is 1. The smallest absolute Gasteiger partial charge is 0.265 e. The molecule has 3 aromatic carbocycles. The van der Waals surface area contributed by atoms with Crippen molar-refractivity contribution in [2.45, 2.75) is 31.3 Å². The Labute approximate surface area is 198 Å². The number of aryl methyl sites for hydroxylation is 1. The van der Waals surface area contributed by atoms with Crippen LogP contribution >= 0.6 is 0 Å². The summed E-state index contributed by atoms with van der Waals surface area (Å²) in [6.07, 6.45) is 1.22. The van der Waals surface area contributed by atoms with Crippen molar-refractivity contribution in [3.8, 4) is 5.75 Å². The highest BCUT2D eigenvalue weighted by Crippen LogP contribution is 2.27. The summed E-state index contributed by atoms with van der Waals surface area (Å²) in [5.74, 6) is 0.303. The highest BCUT2D eigenvalue weighted by Gasteiger charge is 2.20. The van der Waals surface area contributed by atoms with E-state index in [2.05, 4.69) is 20.0 Å². The quantitative estimate of drug-likeness (QED) is 0.386. The van der Waals surface area contributed by atoms with Crippen molar-refractivity contribution in [1.29, 1.82) is 0 Å². The standard InChI is InChI=1S/C25H24N4O4S/c1-3-22(33-23-10-6-8-18-7-4-5-9-21(18)23)24(30)28-19-11-13-20(14-12-19)34(31,32)29-25-26-16-15-17(2)27-25/h4-16,22H,3H2,1-2H3,(H,28,30)(H,26,27,29). The van der Waals surface area contributed by atoms with Crippen LogP contribution in [-0.2, 0) is 14.8 Å². The van der Waals surface area contributed by atoms with Crippen LogP contribution in [0.3, 0.4) is 0 Å². The Morgan fingerprint density at radius 1 is 1.00 bits per heavy atom. The third-order valence-corrected chi connectivity index (χ3v) is 6.48. The highest BCUT2D eigenvalue weighted by molar-refractivity contribution is 7.92. The van der Waals surface area contributed by atoms with Crippen LogP contribution in [0, 0.1) is 6.92 Å². The normalized spacial score (nSPS) is 12.2. The molecule has 0 radical (unpaired) electrons. The first-order valence-corrected chi connectivity index (χ1v) is 12.2. The van der Waals surface area contributed by atoms with Crippen LogP contribution < -0.4 is 14.8 Å². The fourth-order valence-corrected chi connectivity index (χ4v) is 4.34. The first-order valence-electron chi connectivity index (χ1n) is 10.7. The average molecular weight is 477 g/mol. The van der Waals surface area contributed by atoms with E-state index in [9.17, 15) is 13.2 Å². The van der Waals surface area contributed by atoms with Gasteiger partial charge in [0.15, 0.2) is 6.10 Å². The maximum atomic E-state index is 12.9. The summed E-state index contributed by atoms with van der Waals surface area (Å²) < 4.78 is 33.6. The van der Waals surface area contributed by atoms with E-state index in [1.165, 1.54) is 30.5 Å². The van der Waals surface area contributed by atoms with Crippen molar-refractivity contribution in [1.82, 2.24) is 9.97 Å². The van der Waals surface area contributed by atoms with Gasteiger partial charge in [-0.3, -0.25) is 4.79 Å². The Balaban J connectivity index is 1.45. The number of aromatic nitrogens is 2. The summed E-state index contributed by atoms with van der Waals surface area (Å²) >= 11 is 0. The van der Waals surface area contributed by atoms with E-state index >= 15 is 0 Å². The Bertz CT molecular complexity index is 1420. The van der Waals surface area contributed by atoms with E-state index in [-0.39, 0.29) is 16.8 Å². The van der Waals surface area contributed by atoms with Crippen LogP contribution in [0.1, 0.15) is 19.0 Å². The fraction of sp³-hybridized carbons (Fsp3) is 0.160. The molecule has 1 amide bonds. The molecule has 0 saturated carbocycles. The van der Waals surface area contributed by atoms with Gasteiger partial charge in [0.25, 0.3) is 15.9 Å². The Morgan fingerprint density at radius 3 is 2.47 bits per heavy atom. The Hall–Kier alpha value is -3.98. The van der Waals surface area contributed by atoms with Crippen molar-refractivity contribution in [2.24, 2.45) is 0 Å². The van der Waals surface area contributed by atoms with E-state index in [0.717, 1.165) is 10.8 Å². The fourth-order valence-electron chi connectivity index (χ4n) is 3.39. The number of carbonyl (C=O) groups excluding carboxylic acids is 1. The van der Waals surface area contributed by atoms with Gasteiger partial charge in [0.2, 0.25) is 5.95 Å². The van der Waals surface area contributed by atoms with Gasteiger partial charge in [0, 0.05) is 23.0 Å². The molecule has 9 heteroatoms. The molecule has 0 fully saturated rings. The topological polar surface area (TPSA) is 110 Å². The molecule has 0 aliphatic rings. The zero-order valence-electron chi connectivity index (χ0n) is 18.7. The van der Waals surface area contributed by atoms with Crippen LogP contribution in [0.25, 0.3) is 10.8 Å². The number of amides is 1. The minimum atomic E-state index is -3.87. The number of nitrogens with zero attached hydrogens (tertiary/aromatic N) is 2. The van der Waals surface area contributed by atoms with E-state index in [4.69, 9.17) is 4.74 Å². The van der Waals surface area contributed by atoms with Crippen LogP contribution in [0.5, 0.6) is 5.75 Å². The zero-order valence-corrected chi connectivity index (χ0v) is 19.5. The molecular formula is C25H24N4O4S. The van der Waals surface area contributed by atoms with Crippen molar-refractivity contribution in [3.63, 3.8) is 0 Å². The molecule has 174 valence electrons. The number of benzene rings is 3. The molecule has 0 aliphatic heterocycles. The monoisotopic (exact) mass is 476 g/mol. The van der Waals surface area contributed by atoms with Crippen molar-refractivity contribution in [3.05, 3.63) is 84.7 Å². The SMILES string of the molecule is CCC(Oc1cccc2ccccc12)C(=O)Nc1ccc(S(=O)(=O)Nc2nccc(C)n2)cc1. The Morgan fingerprint density at radius 2 is 1.74 bits per heavy atom. The molecule has 1 unspecified atom stereocenters. The molecule has 0 aliphatic carbocycles. The van der Waals surface area contributed by atoms with E-state index < -0.39 is 16.1 Å². The van der Waals surface area contributed by atoms with Gasteiger partial charge in [-0.05, 0) is 55.1 Å². The number of hydrogen-bond acceptors (Lipinski definition) is 6. The van der Waals surface area contributed by atoms with Gasteiger partial charge in [-0.1, -0.05) is 43.3 Å². The van der Waals surface area contributed by atoms with E-state index in [0.29, 0.717) is 23.6 Å². The molecule has 1 atom stereocenters. The molecule has 0 spiro atoms. The minimum absolute atomic E-state index is 0.00579. The van der Waals surface area contributed by atoms with Crippen molar-refractivity contribution >= 4 is 38.3 Å². The molecule has 8 nitrogen and oxygen atoms in total. The van der Waals surface area contributed by atoms with Crippen LogP contribution in [0.15, 0.2) is 83.9 Å². The second kappa shape index (κ2) is 9.88. The second-order valence-electron chi connectivity index (χ2n) is 7.63. The van der Waals surface area contributed by atoms with Gasteiger partial charge in [-0.25, -0.2) is 23.1 Å². The lowest BCUT2D eigenvalue weighted by Gasteiger charge is -2.18. The number of hydrogen-bond donors (Lipinski definition) is 2. The van der Waals surface area contributed by atoms with Gasteiger partial charge in [0.05, 0.1) is 4.90 Å². The summed E-state index contributed by atoms with van der Waals surface area (Å²) in [5.41, 5.74) is 1.10. The van der Waals surface area contributed by atoms with Crippen LogP contribution in [0.4, 0.5) is 11.6 Å². The maximum Gasteiger partial charge on any atom is 0.265 e. The molecule has 4 aromatic rings. The molecule has 34 heavy (non-hydrogen) atoms. The van der Waals surface area contributed by atoms with Crippen molar-refractivity contribution < 1.29 is 17.9 Å². The number of sulfonamides is 1. The lowest BCUT2D eigenvalue weighted by atomic mass is 10.1. The second-order valence-corrected chi connectivity index (χ2v) is 9.32. The molecular weight excluding hydrogens is 452 g/mol. The number of carbonyl (C=O) groups is 1. The molecule has 0 saturated heterocycles. The van der Waals surface area contributed by atoms with Gasteiger partial charge in [-0.15, -0.1) is 0 Å². The summed E-state index contributed by atoms with van der Waals surface area (Å²) in [5, 5.41) is 4.74. The maximum absolute atomic E-state index is 12.9. The predicted octanol–water partition coefficient (Wildman–Crippen LogP) is 4.54. The lowest BCUT2D eigenvalue weighted by Crippen LogP contribution is -2.32. The third kappa shape index (κ3) is 5.32. The number of anilines is 2. The lowest BCUT2D eigenvalue weighted by molar-refractivity contribution is -0.122. The van der Waals surface area contributed by atoms with Gasteiger partial charge >= 0.3 is 0 Å². The summed E-state index contributed by atoms with van der Waals surface area (Å²) in [6.45, 7) is 3.61. The summed E-state index contributed by atoms with van der Waals surface area (Å²) in [7, 11) is -3.87. The molecule has 1 heterocycles. The van der Waals surface area contributed by atoms with Gasteiger partial charge in [-0.2, -0.15) is 0 Å². The van der Waals surface area contributed by atoms with Crippen LogP contribution in [-0.4, -0.2) is 30.4 Å². The third-order valence-electron chi connectivity index (χ3n) is 5.13. The van der Waals surface area contributed by atoms with Crippen LogP contribution in [0.2, 0.25) is 0 Å². The zero-order chi connectivity index (χ0) is 24.1. The highest BCUT2D eigenvalue weighted by atomic mass is 32.2. The van der Waals surface area contributed by atoms with Gasteiger partial charge < -0.3 is 10.1 Å². The minimum Gasteiger partial charge on any atom is -0.480 e. The Kier molecular flexibility index (Phi) is 6.74. The number of rotatable bonds is 8. The molecule has 4 rings (SSSR count). The summed E-state index contributed by atoms with van der Waals surface area (Å²) in [6, 6.07) is 21.0. The molecule has 0 bridgehead atoms.